The third-order valence-electron chi connectivity index (χ3n) is 2.78. The minimum atomic E-state index is -0.640. The van der Waals surface area contributed by atoms with Crippen molar-refractivity contribution in [1.82, 2.24) is 10.2 Å². The zero-order valence-corrected chi connectivity index (χ0v) is 13.6. The van der Waals surface area contributed by atoms with Crippen molar-refractivity contribution in [1.29, 1.82) is 0 Å². The van der Waals surface area contributed by atoms with E-state index in [9.17, 15) is 14.9 Å². The molecule has 0 aliphatic carbocycles. The van der Waals surface area contributed by atoms with Crippen molar-refractivity contribution >= 4 is 51.0 Å². The van der Waals surface area contributed by atoms with E-state index in [-0.39, 0.29) is 16.3 Å². The number of thiophene rings is 1. The molecule has 1 amide bonds. The van der Waals surface area contributed by atoms with Crippen LogP contribution in [-0.2, 0) is 0 Å². The normalized spacial score (nSPS) is 10.5. The summed E-state index contributed by atoms with van der Waals surface area (Å²) in [7, 11) is 0. The summed E-state index contributed by atoms with van der Waals surface area (Å²) in [4.78, 5) is 23.3. The van der Waals surface area contributed by atoms with Crippen LogP contribution in [0.1, 0.15) is 10.4 Å². The van der Waals surface area contributed by atoms with E-state index < -0.39 is 10.8 Å². The lowest BCUT2D eigenvalue weighted by molar-refractivity contribution is -0.384. The largest absolute Gasteiger partial charge is 0.296 e. The number of nitrogens with one attached hydrogen (secondary N) is 1. The van der Waals surface area contributed by atoms with Gasteiger partial charge >= 0.3 is 0 Å². The molecule has 3 rings (SSSR count). The number of benzene rings is 1. The van der Waals surface area contributed by atoms with Crippen molar-refractivity contribution in [3.05, 3.63) is 56.4 Å². The fourth-order valence-corrected chi connectivity index (χ4v) is 3.45. The Kier molecular flexibility index (Phi) is 4.33. The van der Waals surface area contributed by atoms with Gasteiger partial charge in [-0.15, -0.1) is 21.5 Å². The lowest BCUT2D eigenvalue weighted by Crippen LogP contribution is -2.12. The van der Waals surface area contributed by atoms with Gasteiger partial charge in [0.25, 0.3) is 11.6 Å². The number of halogens is 1. The summed E-state index contributed by atoms with van der Waals surface area (Å²) in [5.74, 6) is -0.515. The van der Waals surface area contributed by atoms with Gasteiger partial charge in [-0.05, 0) is 23.6 Å². The van der Waals surface area contributed by atoms with E-state index in [1.165, 1.54) is 34.8 Å². The Hall–Kier alpha value is -2.36. The molecule has 0 unspecified atom stereocenters. The summed E-state index contributed by atoms with van der Waals surface area (Å²) < 4.78 is 0. The van der Waals surface area contributed by atoms with Gasteiger partial charge in [-0.25, -0.2) is 0 Å². The number of rotatable bonds is 4. The number of hydrogen-bond acceptors (Lipinski definition) is 7. The second-order valence-electron chi connectivity index (χ2n) is 4.27. The molecule has 2 aromatic heterocycles. The van der Waals surface area contributed by atoms with E-state index in [1.54, 1.807) is 0 Å². The Balaban J connectivity index is 1.80. The molecule has 0 spiro atoms. The predicted molar refractivity (Wildman–Crippen MR) is 89.3 cm³/mol. The molecule has 116 valence electrons. The first kappa shape index (κ1) is 15.5. The number of aromatic nitrogens is 2. The van der Waals surface area contributed by atoms with Crippen molar-refractivity contribution < 1.29 is 9.72 Å². The predicted octanol–water partition coefficient (Wildman–Crippen LogP) is 4.08. The second kappa shape index (κ2) is 6.41. The second-order valence-corrected chi connectivity index (χ2v) is 6.60. The molecule has 0 fully saturated rings. The fraction of sp³-hybridized carbons (Fsp3) is 0. The van der Waals surface area contributed by atoms with Crippen LogP contribution in [0.25, 0.3) is 9.88 Å². The maximum absolute atomic E-state index is 12.2. The van der Waals surface area contributed by atoms with Gasteiger partial charge in [0.15, 0.2) is 5.01 Å². The number of nitro groups is 1. The van der Waals surface area contributed by atoms with Crippen LogP contribution in [0.4, 0.5) is 10.8 Å². The molecule has 0 saturated carbocycles. The molecule has 0 bridgehead atoms. The minimum absolute atomic E-state index is 0.0255. The molecular formula is C13H7ClN4O3S2. The summed E-state index contributed by atoms with van der Waals surface area (Å²) in [5.41, 5.74) is -0.204. The maximum atomic E-state index is 12.2. The van der Waals surface area contributed by atoms with Crippen LogP contribution in [0.15, 0.2) is 35.7 Å². The summed E-state index contributed by atoms with van der Waals surface area (Å²) in [6.07, 6.45) is 0. The number of nitro benzene ring substituents is 1. The summed E-state index contributed by atoms with van der Waals surface area (Å²) >= 11 is 8.46. The highest BCUT2D eigenvalue weighted by Gasteiger charge is 2.17. The van der Waals surface area contributed by atoms with Crippen LogP contribution in [0.2, 0.25) is 5.02 Å². The van der Waals surface area contributed by atoms with Crippen molar-refractivity contribution in [2.24, 2.45) is 0 Å². The van der Waals surface area contributed by atoms with E-state index >= 15 is 0 Å². The molecule has 1 N–H and O–H groups in total. The number of hydrogen-bond donors (Lipinski definition) is 1. The number of carbonyl (C=O) groups is 1. The number of anilines is 1. The van der Waals surface area contributed by atoms with Gasteiger partial charge in [0, 0.05) is 11.6 Å². The zero-order valence-electron chi connectivity index (χ0n) is 11.2. The van der Waals surface area contributed by atoms with Gasteiger partial charge in [-0.2, -0.15) is 0 Å². The van der Waals surface area contributed by atoms with Gasteiger partial charge in [0.1, 0.15) is 5.02 Å². The van der Waals surface area contributed by atoms with Crippen molar-refractivity contribution in [3.63, 3.8) is 0 Å². The Morgan fingerprint density at radius 2 is 2.13 bits per heavy atom. The van der Waals surface area contributed by atoms with E-state index in [1.807, 2.05) is 17.5 Å². The van der Waals surface area contributed by atoms with Crippen molar-refractivity contribution in [2.75, 3.05) is 5.32 Å². The first-order valence-electron chi connectivity index (χ1n) is 6.17. The molecule has 7 nitrogen and oxygen atoms in total. The van der Waals surface area contributed by atoms with Gasteiger partial charge in [0.05, 0.1) is 9.80 Å². The number of amides is 1. The standard InChI is InChI=1S/C13H7ClN4O3S2/c14-8-4-3-7(6-9(8)18(20)21)11(19)15-13-17-16-12(23-13)10-2-1-5-22-10/h1-6H,(H,15,17,19). The molecule has 23 heavy (non-hydrogen) atoms. The van der Waals surface area contributed by atoms with Gasteiger partial charge in [-0.1, -0.05) is 29.0 Å². The lowest BCUT2D eigenvalue weighted by Gasteiger charge is -2.02. The van der Waals surface area contributed by atoms with E-state index in [0.717, 1.165) is 10.9 Å². The van der Waals surface area contributed by atoms with Crippen LogP contribution in [0, 0.1) is 10.1 Å². The third kappa shape index (κ3) is 3.36. The van der Waals surface area contributed by atoms with Crippen LogP contribution in [0.3, 0.4) is 0 Å². The third-order valence-corrected chi connectivity index (χ3v) is 4.98. The average Bonchev–Trinajstić information content (AvgIpc) is 3.18. The number of nitrogens with zero attached hydrogens (tertiary/aromatic N) is 3. The molecule has 0 saturated heterocycles. The summed E-state index contributed by atoms with van der Waals surface area (Å²) in [6, 6.07) is 7.64. The highest BCUT2D eigenvalue weighted by Crippen LogP contribution is 2.30. The molecule has 1 aromatic carbocycles. The van der Waals surface area contributed by atoms with E-state index in [4.69, 9.17) is 11.6 Å². The van der Waals surface area contributed by atoms with Crippen LogP contribution in [0.5, 0.6) is 0 Å². The minimum Gasteiger partial charge on any atom is -0.296 e. The average molecular weight is 367 g/mol. The van der Waals surface area contributed by atoms with Crippen molar-refractivity contribution in [2.45, 2.75) is 0 Å². The molecule has 0 aliphatic rings. The fourth-order valence-electron chi connectivity index (χ4n) is 1.74. The molecular weight excluding hydrogens is 360 g/mol. The van der Waals surface area contributed by atoms with Crippen LogP contribution in [-0.4, -0.2) is 21.0 Å². The quantitative estimate of drug-likeness (QED) is 0.554. The Bertz CT molecular complexity index is 879. The Morgan fingerprint density at radius 3 is 2.83 bits per heavy atom. The van der Waals surface area contributed by atoms with Gasteiger partial charge < -0.3 is 0 Å². The zero-order chi connectivity index (χ0) is 16.4. The smallest absolute Gasteiger partial charge is 0.288 e. The molecule has 3 aromatic rings. The van der Waals surface area contributed by atoms with E-state index in [2.05, 4.69) is 15.5 Å². The highest BCUT2D eigenvalue weighted by molar-refractivity contribution is 7.23. The van der Waals surface area contributed by atoms with Crippen molar-refractivity contribution in [3.8, 4) is 9.88 Å². The highest BCUT2D eigenvalue weighted by atomic mass is 35.5. The SMILES string of the molecule is O=C(Nc1nnc(-c2cccs2)s1)c1ccc(Cl)c([N+](=O)[O-])c1. The van der Waals surface area contributed by atoms with Gasteiger partial charge in [-0.3, -0.25) is 20.2 Å². The summed E-state index contributed by atoms with van der Waals surface area (Å²) in [5, 5.41) is 24.2. The van der Waals surface area contributed by atoms with Gasteiger partial charge in [0.2, 0.25) is 5.13 Å². The molecule has 0 aliphatic heterocycles. The van der Waals surface area contributed by atoms with Crippen LogP contribution < -0.4 is 5.32 Å². The topological polar surface area (TPSA) is 98.0 Å². The van der Waals surface area contributed by atoms with E-state index in [0.29, 0.717) is 10.1 Å². The Morgan fingerprint density at radius 1 is 1.30 bits per heavy atom. The molecule has 0 radical (unpaired) electrons. The monoisotopic (exact) mass is 366 g/mol. The van der Waals surface area contributed by atoms with Crippen LogP contribution >= 0.6 is 34.3 Å². The number of carbonyl (C=O) groups excluding carboxylic acids is 1. The maximum Gasteiger partial charge on any atom is 0.288 e. The summed E-state index contributed by atoms with van der Waals surface area (Å²) in [6.45, 7) is 0. The molecule has 2 heterocycles. The first-order chi connectivity index (χ1) is 11.0. The molecule has 10 heteroatoms. The molecule has 0 atom stereocenters. The Labute approximate surface area is 142 Å². The first-order valence-corrected chi connectivity index (χ1v) is 8.24. The lowest BCUT2D eigenvalue weighted by atomic mass is 10.2.